The standard InChI is InChI=1S/C20H14Cl2N4O2S/c21-13-3-7-15(8-4-13)23-18(27)12-29-20-25-24-19(17-2-1-11-28-17)26(20)16-9-5-14(22)6-10-16/h1-11H,12H2,(H,23,27). The van der Waals surface area contributed by atoms with Gasteiger partial charge in [0.05, 0.1) is 12.0 Å². The van der Waals surface area contributed by atoms with Crippen molar-refractivity contribution in [2.75, 3.05) is 11.1 Å². The largest absolute Gasteiger partial charge is 0.461 e. The third kappa shape index (κ3) is 4.64. The normalized spacial score (nSPS) is 10.8. The van der Waals surface area contributed by atoms with E-state index in [1.165, 1.54) is 11.8 Å². The molecule has 4 aromatic rings. The highest BCUT2D eigenvalue weighted by atomic mass is 35.5. The molecule has 0 aliphatic rings. The van der Waals surface area contributed by atoms with E-state index in [9.17, 15) is 4.79 Å². The molecule has 0 saturated carbocycles. The van der Waals surface area contributed by atoms with E-state index in [1.54, 1.807) is 54.8 Å². The lowest BCUT2D eigenvalue weighted by Crippen LogP contribution is -2.14. The highest BCUT2D eigenvalue weighted by Crippen LogP contribution is 2.29. The molecule has 2 aromatic carbocycles. The van der Waals surface area contributed by atoms with E-state index >= 15 is 0 Å². The number of nitrogens with one attached hydrogen (secondary N) is 1. The molecule has 2 aromatic heterocycles. The van der Waals surface area contributed by atoms with Crippen LogP contribution in [0.5, 0.6) is 0 Å². The summed E-state index contributed by atoms with van der Waals surface area (Å²) in [6.07, 6.45) is 1.57. The lowest BCUT2D eigenvalue weighted by molar-refractivity contribution is -0.113. The molecule has 0 bridgehead atoms. The first-order valence-electron chi connectivity index (χ1n) is 8.53. The maximum Gasteiger partial charge on any atom is 0.234 e. The molecule has 0 aliphatic heterocycles. The zero-order chi connectivity index (χ0) is 20.2. The summed E-state index contributed by atoms with van der Waals surface area (Å²) in [4.78, 5) is 12.3. The predicted octanol–water partition coefficient (Wildman–Crippen LogP) is 5.56. The number of thioether (sulfide) groups is 1. The SMILES string of the molecule is O=C(CSc1nnc(-c2ccco2)n1-c1ccc(Cl)cc1)Nc1ccc(Cl)cc1. The lowest BCUT2D eigenvalue weighted by atomic mass is 10.3. The zero-order valence-corrected chi connectivity index (χ0v) is 17.2. The Morgan fingerprint density at radius 1 is 1.00 bits per heavy atom. The summed E-state index contributed by atoms with van der Waals surface area (Å²) >= 11 is 13.2. The molecular formula is C20H14Cl2N4O2S. The van der Waals surface area contributed by atoms with Gasteiger partial charge < -0.3 is 9.73 Å². The second-order valence-electron chi connectivity index (χ2n) is 5.94. The molecule has 0 radical (unpaired) electrons. The molecule has 1 amide bonds. The number of rotatable bonds is 6. The van der Waals surface area contributed by atoms with Gasteiger partial charge >= 0.3 is 0 Å². The van der Waals surface area contributed by atoms with Crippen LogP contribution in [0.25, 0.3) is 17.3 Å². The number of nitrogens with zero attached hydrogens (tertiary/aromatic N) is 3. The van der Waals surface area contributed by atoms with Gasteiger partial charge in [-0.15, -0.1) is 10.2 Å². The number of anilines is 1. The fourth-order valence-corrected chi connectivity index (χ4v) is 3.62. The van der Waals surface area contributed by atoms with Crippen LogP contribution >= 0.6 is 35.0 Å². The van der Waals surface area contributed by atoms with Crippen molar-refractivity contribution >= 4 is 46.6 Å². The van der Waals surface area contributed by atoms with Crippen LogP contribution in [0.15, 0.2) is 76.5 Å². The first-order chi connectivity index (χ1) is 14.1. The van der Waals surface area contributed by atoms with Gasteiger partial charge in [0, 0.05) is 21.4 Å². The Labute approximate surface area is 180 Å². The highest BCUT2D eigenvalue weighted by molar-refractivity contribution is 7.99. The van der Waals surface area contributed by atoms with Gasteiger partial charge in [-0.2, -0.15) is 0 Å². The summed E-state index contributed by atoms with van der Waals surface area (Å²) in [6.45, 7) is 0. The van der Waals surface area contributed by atoms with Gasteiger partial charge in [-0.1, -0.05) is 35.0 Å². The summed E-state index contributed by atoms with van der Waals surface area (Å²) in [5, 5.41) is 13.1. The number of amides is 1. The zero-order valence-electron chi connectivity index (χ0n) is 14.9. The highest BCUT2D eigenvalue weighted by Gasteiger charge is 2.19. The molecule has 6 nitrogen and oxygen atoms in total. The third-order valence-electron chi connectivity index (χ3n) is 3.92. The Morgan fingerprint density at radius 3 is 2.34 bits per heavy atom. The quantitative estimate of drug-likeness (QED) is 0.393. The number of hydrogen-bond donors (Lipinski definition) is 1. The number of benzene rings is 2. The van der Waals surface area contributed by atoms with Gasteiger partial charge in [-0.05, 0) is 60.7 Å². The fourth-order valence-electron chi connectivity index (χ4n) is 2.61. The third-order valence-corrected chi connectivity index (χ3v) is 5.35. The van der Waals surface area contributed by atoms with Gasteiger partial charge in [0.15, 0.2) is 10.9 Å². The molecule has 0 spiro atoms. The van der Waals surface area contributed by atoms with Gasteiger partial charge in [0.1, 0.15) is 0 Å². The Bertz CT molecular complexity index is 1110. The lowest BCUT2D eigenvalue weighted by Gasteiger charge is -2.09. The number of hydrogen-bond acceptors (Lipinski definition) is 5. The fraction of sp³-hybridized carbons (Fsp3) is 0.0500. The van der Waals surface area contributed by atoms with Crippen LogP contribution < -0.4 is 5.32 Å². The van der Waals surface area contributed by atoms with Crippen LogP contribution in [-0.2, 0) is 4.79 Å². The van der Waals surface area contributed by atoms with Crippen molar-refractivity contribution < 1.29 is 9.21 Å². The summed E-state index contributed by atoms with van der Waals surface area (Å²) < 4.78 is 7.31. The van der Waals surface area contributed by atoms with E-state index in [2.05, 4.69) is 15.5 Å². The molecule has 4 rings (SSSR count). The maximum absolute atomic E-state index is 12.3. The number of carbonyl (C=O) groups is 1. The average molecular weight is 445 g/mol. The molecule has 0 atom stereocenters. The average Bonchev–Trinajstić information content (AvgIpc) is 3.38. The summed E-state index contributed by atoms with van der Waals surface area (Å²) in [7, 11) is 0. The van der Waals surface area contributed by atoms with Crippen molar-refractivity contribution in [3.8, 4) is 17.3 Å². The van der Waals surface area contributed by atoms with Crippen molar-refractivity contribution in [2.45, 2.75) is 5.16 Å². The first kappa shape index (κ1) is 19.6. The summed E-state index contributed by atoms with van der Waals surface area (Å²) in [6, 6.07) is 17.8. The number of furan rings is 1. The Kier molecular flexibility index (Phi) is 5.89. The van der Waals surface area contributed by atoms with Crippen molar-refractivity contribution in [1.29, 1.82) is 0 Å². The minimum absolute atomic E-state index is 0.159. The Hall–Kier alpha value is -2.74. The molecule has 2 heterocycles. The molecule has 9 heteroatoms. The van der Waals surface area contributed by atoms with Crippen molar-refractivity contribution in [1.82, 2.24) is 14.8 Å². The maximum atomic E-state index is 12.3. The van der Waals surface area contributed by atoms with E-state index in [0.717, 1.165) is 5.69 Å². The monoisotopic (exact) mass is 444 g/mol. The molecule has 0 unspecified atom stereocenters. The second-order valence-corrected chi connectivity index (χ2v) is 7.75. The Balaban J connectivity index is 1.56. The molecular weight excluding hydrogens is 431 g/mol. The molecule has 146 valence electrons. The van der Waals surface area contributed by atoms with Crippen molar-refractivity contribution in [3.05, 3.63) is 77.0 Å². The second kappa shape index (κ2) is 8.73. The van der Waals surface area contributed by atoms with Gasteiger partial charge in [-0.3, -0.25) is 9.36 Å². The van der Waals surface area contributed by atoms with Gasteiger partial charge in [0.25, 0.3) is 0 Å². The number of aromatic nitrogens is 3. The molecule has 1 N–H and O–H groups in total. The molecule has 0 fully saturated rings. The van der Waals surface area contributed by atoms with E-state index in [0.29, 0.717) is 32.5 Å². The molecule has 0 aliphatic carbocycles. The minimum Gasteiger partial charge on any atom is -0.461 e. The van der Waals surface area contributed by atoms with E-state index in [4.69, 9.17) is 27.6 Å². The predicted molar refractivity (Wildman–Crippen MR) is 115 cm³/mol. The molecule has 0 saturated heterocycles. The van der Waals surface area contributed by atoms with E-state index in [1.807, 2.05) is 16.7 Å². The van der Waals surface area contributed by atoms with Crippen LogP contribution in [0.3, 0.4) is 0 Å². The van der Waals surface area contributed by atoms with Crippen LogP contribution in [0.1, 0.15) is 0 Å². The van der Waals surface area contributed by atoms with Crippen molar-refractivity contribution in [3.63, 3.8) is 0 Å². The smallest absolute Gasteiger partial charge is 0.234 e. The Morgan fingerprint density at radius 2 is 1.69 bits per heavy atom. The summed E-state index contributed by atoms with van der Waals surface area (Å²) in [5.41, 5.74) is 1.49. The topological polar surface area (TPSA) is 73.0 Å². The number of halogens is 2. The molecule has 29 heavy (non-hydrogen) atoms. The summed E-state index contributed by atoms with van der Waals surface area (Å²) in [5.74, 6) is 1.11. The first-order valence-corrected chi connectivity index (χ1v) is 10.3. The van der Waals surface area contributed by atoms with Crippen LogP contribution in [-0.4, -0.2) is 26.4 Å². The van der Waals surface area contributed by atoms with Crippen LogP contribution in [0.2, 0.25) is 10.0 Å². The van der Waals surface area contributed by atoms with E-state index < -0.39 is 0 Å². The van der Waals surface area contributed by atoms with Crippen LogP contribution in [0, 0.1) is 0 Å². The van der Waals surface area contributed by atoms with Gasteiger partial charge in [0.2, 0.25) is 11.7 Å². The van der Waals surface area contributed by atoms with E-state index in [-0.39, 0.29) is 11.7 Å². The van der Waals surface area contributed by atoms with Crippen LogP contribution in [0.4, 0.5) is 5.69 Å². The van der Waals surface area contributed by atoms with Gasteiger partial charge in [-0.25, -0.2) is 0 Å². The number of carbonyl (C=O) groups excluding carboxylic acids is 1. The van der Waals surface area contributed by atoms with Crippen molar-refractivity contribution in [2.24, 2.45) is 0 Å². The minimum atomic E-state index is -0.164.